The monoisotopic (exact) mass is 269 g/mol. The van der Waals surface area contributed by atoms with Crippen LogP contribution in [0, 0.1) is 5.41 Å². The molecule has 1 aliphatic carbocycles. The summed E-state index contributed by atoms with van der Waals surface area (Å²) in [5, 5.41) is 12.0. The molecule has 1 heterocycles. The first-order valence-corrected chi connectivity index (χ1v) is 6.87. The summed E-state index contributed by atoms with van der Waals surface area (Å²) in [6, 6.07) is 0.278. The van der Waals surface area contributed by atoms with Gasteiger partial charge < -0.3 is 20.2 Å². The Hall–Kier alpha value is -1.30. The smallest absolute Gasteiger partial charge is 0.317 e. The second kappa shape index (κ2) is 5.36. The summed E-state index contributed by atoms with van der Waals surface area (Å²) in [6.07, 6.45) is 3.25. The van der Waals surface area contributed by atoms with Crippen molar-refractivity contribution in [3.8, 4) is 0 Å². The van der Waals surface area contributed by atoms with Crippen molar-refractivity contribution in [3.63, 3.8) is 0 Å². The minimum absolute atomic E-state index is 0.128. The molecule has 2 aliphatic rings. The summed E-state index contributed by atoms with van der Waals surface area (Å²) in [7, 11) is 4.03. The number of carboxylic acid groups (broad SMARTS) is 1. The molecule has 19 heavy (non-hydrogen) atoms. The Morgan fingerprint density at radius 3 is 2.53 bits per heavy atom. The van der Waals surface area contributed by atoms with Crippen LogP contribution in [0.5, 0.6) is 0 Å². The van der Waals surface area contributed by atoms with Crippen LogP contribution in [0.1, 0.15) is 25.7 Å². The molecule has 0 bridgehead atoms. The van der Waals surface area contributed by atoms with Crippen molar-refractivity contribution >= 4 is 12.0 Å². The van der Waals surface area contributed by atoms with Gasteiger partial charge in [0.1, 0.15) is 0 Å². The van der Waals surface area contributed by atoms with Crippen LogP contribution in [0.2, 0.25) is 0 Å². The third kappa shape index (κ3) is 2.83. The second-order valence-electron chi connectivity index (χ2n) is 5.95. The number of rotatable bonds is 4. The van der Waals surface area contributed by atoms with Crippen molar-refractivity contribution in [1.82, 2.24) is 15.1 Å². The highest BCUT2D eigenvalue weighted by Crippen LogP contribution is 2.40. The molecule has 1 unspecified atom stereocenters. The van der Waals surface area contributed by atoms with Crippen molar-refractivity contribution < 1.29 is 14.7 Å². The maximum atomic E-state index is 12.0. The first-order chi connectivity index (χ1) is 8.94. The highest BCUT2D eigenvalue weighted by atomic mass is 16.4. The van der Waals surface area contributed by atoms with Crippen molar-refractivity contribution in [1.29, 1.82) is 0 Å². The molecule has 0 aromatic rings. The van der Waals surface area contributed by atoms with Crippen molar-refractivity contribution in [3.05, 3.63) is 0 Å². The number of carboxylic acids is 1. The van der Waals surface area contributed by atoms with E-state index in [0.29, 0.717) is 18.9 Å². The number of likely N-dealkylation sites (N-methyl/N-ethyl adjacent to an activating group) is 1. The third-order valence-electron chi connectivity index (χ3n) is 4.52. The first-order valence-electron chi connectivity index (χ1n) is 6.87. The molecule has 1 aliphatic heterocycles. The van der Waals surface area contributed by atoms with Gasteiger partial charge in [-0.05, 0) is 33.4 Å². The predicted molar refractivity (Wildman–Crippen MR) is 71.0 cm³/mol. The van der Waals surface area contributed by atoms with Gasteiger partial charge in [0.25, 0.3) is 0 Å². The van der Waals surface area contributed by atoms with Gasteiger partial charge in [-0.15, -0.1) is 0 Å². The van der Waals surface area contributed by atoms with E-state index in [1.807, 2.05) is 14.1 Å². The van der Waals surface area contributed by atoms with Crippen LogP contribution in [0.3, 0.4) is 0 Å². The number of likely N-dealkylation sites (tertiary alicyclic amines) is 1. The molecule has 2 amide bonds. The number of urea groups is 1. The number of hydrogen-bond donors (Lipinski definition) is 2. The molecule has 6 nitrogen and oxygen atoms in total. The first kappa shape index (κ1) is 14.1. The number of aliphatic carboxylic acids is 1. The molecule has 0 aromatic heterocycles. The zero-order chi connectivity index (χ0) is 14.0. The average Bonchev–Trinajstić information content (AvgIpc) is 2.75. The van der Waals surface area contributed by atoms with Crippen LogP contribution in [-0.2, 0) is 4.79 Å². The molecule has 2 N–H and O–H groups in total. The highest BCUT2D eigenvalue weighted by molar-refractivity contribution is 5.79. The Kier molecular flexibility index (Phi) is 3.99. The number of amides is 2. The van der Waals surface area contributed by atoms with E-state index in [9.17, 15) is 14.7 Å². The quantitative estimate of drug-likeness (QED) is 0.783. The second-order valence-corrected chi connectivity index (χ2v) is 5.95. The Labute approximate surface area is 113 Å². The molecule has 2 rings (SSSR count). The Morgan fingerprint density at radius 1 is 1.42 bits per heavy atom. The minimum atomic E-state index is -0.786. The average molecular weight is 269 g/mol. The van der Waals surface area contributed by atoms with Crippen molar-refractivity contribution in [2.24, 2.45) is 5.41 Å². The van der Waals surface area contributed by atoms with Gasteiger partial charge in [-0.25, -0.2) is 4.79 Å². The predicted octanol–water partition coefficient (Wildman–Crippen LogP) is 0.587. The lowest BCUT2D eigenvalue weighted by Gasteiger charge is -2.38. The maximum absolute atomic E-state index is 12.0. The zero-order valence-corrected chi connectivity index (χ0v) is 11.7. The number of hydrogen-bond acceptors (Lipinski definition) is 3. The molecule has 108 valence electrons. The molecule has 0 aromatic carbocycles. The Bertz CT molecular complexity index is 366. The van der Waals surface area contributed by atoms with Gasteiger partial charge in [0, 0.05) is 25.7 Å². The molecule has 1 saturated carbocycles. The molecular formula is C13H23N3O3. The van der Waals surface area contributed by atoms with Crippen LogP contribution in [-0.4, -0.2) is 66.7 Å². The lowest BCUT2D eigenvalue weighted by atomic mass is 9.69. The van der Waals surface area contributed by atoms with Crippen LogP contribution < -0.4 is 5.32 Å². The highest BCUT2D eigenvalue weighted by Gasteiger charge is 2.44. The SMILES string of the molecule is CN(C)C1CCN(C(=O)NCC2(C(=O)O)CCC2)C1. The van der Waals surface area contributed by atoms with Crippen LogP contribution in [0.15, 0.2) is 0 Å². The van der Waals surface area contributed by atoms with Gasteiger partial charge in [-0.2, -0.15) is 0 Å². The zero-order valence-electron chi connectivity index (χ0n) is 11.7. The molecule has 1 atom stereocenters. The van der Waals surface area contributed by atoms with Gasteiger partial charge >= 0.3 is 12.0 Å². The Balaban J connectivity index is 1.81. The molecular weight excluding hydrogens is 246 g/mol. The summed E-state index contributed by atoms with van der Waals surface area (Å²) in [4.78, 5) is 27.1. The van der Waals surface area contributed by atoms with E-state index in [0.717, 1.165) is 25.9 Å². The fraction of sp³-hybridized carbons (Fsp3) is 0.846. The summed E-state index contributed by atoms with van der Waals surface area (Å²) >= 11 is 0. The van der Waals surface area contributed by atoms with Crippen LogP contribution in [0.25, 0.3) is 0 Å². The molecule has 0 spiro atoms. The summed E-state index contributed by atoms with van der Waals surface area (Å²) in [5.74, 6) is -0.786. The van der Waals surface area contributed by atoms with Gasteiger partial charge in [-0.1, -0.05) is 6.42 Å². The summed E-state index contributed by atoms with van der Waals surface area (Å²) in [5.41, 5.74) is -0.712. The number of carbonyl (C=O) groups excluding carboxylic acids is 1. The van der Waals surface area contributed by atoms with E-state index in [-0.39, 0.29) is 12.6 Å². The van der Waals surface area contributed by atoms with E-state index in [4.69, 9.17) is 0 Å². The lowest BCUT2D eigenvalue weighted by Crippen LogP contribution is -2.50. The number of nitrogens with zero attached hydrogens (tertiary/aromatic N) is 2. The largest absolute Gasteiger partial charge is 0.481 e. The fourth-order valence-corrected chi connectivity index (χ4v) is 2.77. The van der Waals surface area contributed by atoms with Crippen LogP contribution >= 0.6 is 0 Å². The minimum Gasteiger partial charge on any atom is -0.481 e. The van der Waals surface area contributed by atoms with E-state index in [2.05, 4.69) is 10.2 Å². The standard InChI is InChI=1S/C13H23N3O3/c1-15(2)10-4-7-16(8-10)12(19)14-9-13(11(17)18)5-3-6-13/h10H,3-9H2,1-2H3,(H,14,19)(H,17,18). The Morgan fingerprint density at radius 2 is 2.11 bits per heavy atom. The summed E-state index contributed by atoms with van der Waals surface area (Å²) < 4.78 is 0. The topological polar surface area (TPSA) is 72.9 Å². The van der Waals surface area contributed by atoms with E-state index < -0.39 is 11.4 Å². The van der Waals surface area contributed by atoms with Gasteiger partial charge in [-0.3, -0.25) is 4.79 Å². The van der Waals surface area contributed by atoms with E-state index in [1.165, 1.54) is 0 Å². The van der Waals surface area contributed by atoms with E-state index in [1.54, 1.807) is 4.90 Å². The normalized spacial score (nSPS) is 25.2. The lowest BCUT2D eigenvalue weighted by molar-refractivity contribution is -0.153. The number of carbonyl (C=O) groups is 2. The van der Waals surface area contributed by atoms with Gasteiger partial charge in [0.05, 0.1) is 5.41 Å². The van der Waals surface area contributed by atoms with Crippen LogP contribution in [0.4, 0.5) is 4.79 Å². The third-order valence-corrected chi connectivity index (χ3v) is 4.52. The van der Waals surface area contributed by atoms with E-state index >= 15 is 0 Å². The fourth-order valence-electron chi connectivity index (χ4n) is 2.77. The number of nitrogens with one attached hydrogen (secondary N) is 1. The van der Waals surface area contributed by atoms with Crippen molar-refractivity contribution in [2.75, 3.05) is 33.7 Å². The summed E-state index contributed by atoms with van der Waals surface area (Å²) in [6.45, 7) is 1.72. The molecule has 6 heteroatoms. The van der Waals surface area contributed by atoms with Gasteiger partial charge in [0.15, 0.2) is 0 Å². The molecule has 1 saturated heterocycles. The molecule has 0 radical (unpaired) electrons. The maximum Gasteiger partial charge on any atom is 0.317 e. The van der Waals surface area contributed by atoms with Gasteiger partial charge in [0.2, 0.25) is 0 Å². The molecule has 2 fully saturated rings. The van der Waals surface area contributed by atoms with Crippen molar-refractivity contribution in [2.45, 2.75) is 31.7 Å².